The fourth-order valence-corrected chi connectivity index (χ4v) is 2.09. The molecule has 0 aliphatic heterocycles. The van der Waals surface area contributed by atoms with Crippen LogP contribution in [0.1, 0.15) is 19.4 Å². The fraction of sp³-hybridized carbons (Fsp3) is 0.385. The number of hydrogen-bond acceptors (Lipinski definition) is 4. The van der Waals surface area contributed by atoms with Gasteiger partial charge in [0.25, 0.3) is 0 Å². The highest BCUT2D eigenvalue weighted by Gasteiger charge is 2.32. The molecule has 0 atom stereocenters. The molecule has 0 fully saturated rings. The average Bonchev–Trinajstić information content (AvgIpc) is 2.63. The smallest absolute Gasteiger partial charge is 0.408 e. The number of oxazole rings is 1. The van der Waals surface area contributed by atoms with Crippen LogP contribution in [0, 0.1) is 0 Å². The van der Waals surface area contributed by atoms with Gasteiger partial charge in [-0.2, -0.15) is 0 Å². The second kappa shape index (κ2) is 4.24. The maximum absolute atomic E-state index is 12.1. The van der Waals surface area contributed by atoms with Gasteiger partial charge in [0.15, 0.2) is 5.58 Å². The zero-order valence-corrected chi connectivity index (χ0v) is 11.4. The van der Waals surface area contributed by atoms with E-state index < -0.39 is 11.2 Å². The van der Waals surface area contributed by atoms with Crippen LogP contribution in [0.2, 0.25) is 0 Å². The number of carbonyl (C=O) groups excluding carboxylic acids is 1. The van der Waals surface area contributed by atoms with E-state index in [1.807, 2.05) is 0 Å². The minimum absolute atomic E-state index is 0.217. The van der Waals surface area contributed by atoms with Gasteiger partial charge in [-0.3, -0.25) is 14.4 Å². The highest BCUT2D eigenvalue weighted by molar-refractivity contribution is 5.88. The summed E-state index contributed by atoms with van der Waals surface area (Å²) in [5.74, 6) is 4.87. The Kier molecular flexibility index (Phi) is 2.98. The Morgan fingerprint density at radius 2 is 2.05 bits per heavy atom. The predicted octanol–water partition coefficient (Wildman–Crippen LogP) is 0.741. The monoisotopic (exact) mass is 263 g/mol. The van der Waals surface area contributed by atoms with Crippen molar-refractivity contribution in [2.75, 3.05) is 7.05 Å². The largest absolute Gasteiger partial charge is 0.419 e. The maximum atomic E-state index is 12.1. The Bertz CT molecular complexity index is 695. The Balaban J connectivity index is 2.58. The van der Waals surface area contributed by atoms with Crippen LogP contribution < -0.4 is 11.6 Å². The Morgan fingerprint density at radius 1 is 1.42 bits per heavy atom. The number of rotatable bonds is 2. The molecule has 19 heavy (non-hydrogen) atoms. The van der Waals surface area contributed by atoms with Crippen LogP contribution >= 0.6 is 0 Å². The normalized spacial score (nSPS) is 11.8. The third-order valence-electron chi connectivity index (χ3n) is 3.37. The van der Waals surface area contributed by atoms with Crippen LogP contribution in [0.3, 0.4) is 0 Å². The molecule has 0 aliphatic rings. The van der Waals surface area contributed by atoms with E-state index in [1.54, 1.807) is 39.1 Å². The van der Waals surface area contributed by atoms with Crippen LogP contribution in [0.15, 0.2) is 27.4 Å². The molecular weight excluding hydrogens is 246 g/mol. The number of benzene rings is 1. The molecule has 2 aromatic rings. The van der Waals surface area contributed by atoms with Crippen molar-refractivity contribution in [1.29, 1.82) is 0 Å². The number of nitrogens with two attached hydrogens (primary N) is 1. The van der Waals surface area contributed by atoms with Crippen LogP contribution in [0.5, 0.6) is 0 Å². The molecular formula is C13H17N3O3. The Hall–Kier alpha value is -2.08. The molecule has 0 unspecified atom stereocenters. The van der Waals surface area contributed by atoms with E-state index in [1.165, 1.54) is 11.6 Å². The first kappa shape index (κ1) is 13.4. The van der Waals surface area contributed by atoms with E-state index in [0.29, 0.717) is 11.1 Å². The van der Waals surface area contributed by atoms with Crippen molar-refractivity contribution in [3.05, 3.63) is 34.3 Å². The van der Waals surface area contributed by atoms with Gasteiger partial charge >= 0.3 is 5.76 Å². The number of carbonyl (C=O) groups is 1. The number of nitrogens with zero attached hydrogens (tertiary/aromatic N) is 2. The minimum atomic E-state index is -0.786. The molecule has 0 aliphatic carbocycles. The van der Waals surface area contributed by atoms with E-state index in [2.05, 4.69) is 0 Å². The molecule has 1 heterocycles. The SMILES string of the molecule is CN(N)C(=O)C(C)(C)c1ccc2c(c1)oc(=O)n2C. The maximum Gasteiger partial charge on any atom is 0.419 e. The summed E-state index contributed by atoms with van der Waals surface area (Å²) in [6.45, 7) is 3.56. The van der Waals surface area contributed by atoms with E-state index in [-0.39, 0.29) is 5.91 Å². The lowest BCUT2D eigenvalue weighted by atomic mass is 9.83. The number of amides is 1. The lowest BCUT2D eigenvalue weighted by Gasteiger charge is -2.27. The summed E-state index contributed by atoms with van der Waals surface area (Å²) in [6.07, 6.45) is 0. The van der Waals surface area contributed by atoms with E-state index in [0.717, 1.165) is 10.6 Å². The molecule has 6 heteroatoms. The molecule has 2 N–H and O–H groups in total. The van der Waals surface area contributed by atoms with E-state index in [9.17, 15) is 9.59 Å². The van der Waals surface area contributed by atoms with Crippen LogP contribution in [0.25, 0.3) is 11.1 Å². The number of fused-ring (bicyclic) bond motifs is 1. The lowest BCUT2D eigenvalue weighted by molar-refractivity contribution is -0.135. The Morgan fingerprint density at radius 3 is 2.63 bits per heavy atom. The van der Waals surface area contributed by atoms with Gasteiger partial charge < -0.3 is 4.42 Å². The van der Waals surface area contributed by atoms with Crippen LogP contribution in [-0.2, 0) is 17.3 Å². The van der Waals surface area contributed by atoms with Gasteiger partial charge in [0, 0.05) is 14.1 Å². The van der Waals surface area contributed by atoms with Gasteiger partial charge in [-0.15, -0.1) is 0 Å². The van der Waals surface area contributed by atoms with Crippen LogP contribution in [0.4, 0.5) is 0 Å². The van der Waals surface area contributed by atoms with Gasteiger partial charge in [-0.25, -0.2) is 10.6 Å². The quantitative estimate of drug-likeness (QED) is 0.492. The first-order valence-corrected chi connectivity index (χ1v) is 5.88. The van der Waals surface area contributed by atoms with Crippen molar-refractivity contribution < 1.29 is 9.21 Å². The molecule has 1 aromatic heterocycles. The van der Waals surface area contributed by atoms with Crippen molar-refractivity contribution in [2.24, 2.45) is 12.9 Å². The zero-order chi connectivity index (χ0) is 14.4. The molecule has 0 saturated heterocycles. The van der Waals surface area contributed by atoms with Gasteiger partial charge in [0.2, 0.25) is 5.91 Å². The fourth-order valence-electron chi connectivity index (χ4n) is 2.09. The second-order valence-electron chi connectivity index (χ2n) is 5.15. The average molecular weight is 263 g/mol. The van der Waals surface area contributed by atoms with Crippen molar-refractivity contribution >= 4 is 17.0 Å². The summed E-state index contributed by atoms with van der Waals surface area (Å²) in [5, 5.41) is 1.06. The molecule has 0 radical (unpaired) electrons. The number of likely N-dealkylation sites (N-methyl/N-ethyl adjacent to an activating group) is 1. The van der Waals surface area contributed by atoms with Gasteiger partial charge in [-0.1, -0.05) is 6.07 Å². The number of aromatic nitrogens is 1. The van der Waals surface area contributed by atoms with Gasteiger partial charge in [-0.05, 0) is 31.5 Å². The third kappa shape index (κ3) is 2.04. The number of hydrazine groups is 1. The molecule has 0 spiro atoms. The summed E-state index contributed by atoms with van der Waals surface area (Å²) in [6, 6.07) is 5.28. The first-order chi connectivity index (χ1) is 8.75. The van der Waals surface area contributed by atoms with Crippen molar-refractivity contribution in [3.63, 3.8) is 0 Å². The second-order valence-corrected chi connectivity index (χ2v) is 5.15. The van der Waals surface area contributed by atoms with Gasteiger partial charge in [0.05, 0.1) is 10.9 Å². The van der Waals surface area contributed by atoms with Crippen LogP contribution in [-0.4, -0.2) is 22.5 Å². The molecule has 1 amide bonds. The van der Waals surface area contributed by atoms with E-state index in [4.69, 9.17) is 10.3 Å². The topological polar surface area (TPSA) is 81.5 Å². The van der Waals surface area contributed by atoms with Crippen molar-refractivity contribution in [2.45, 2.75) is 19.3 Å². The first-order valence-electron chi connectivity index (χ1n) is 5.88. The summed E-state index contributed by atoms with van der Waals surface area (Å²) in [4.78, 5) is 23.5. The molecule has 102 valence electrons. The summed E-state index contributed by atoms with van der Waals surface area (Å²) >= 11 is 0. The van der Waals surface area contributed by atoms with E-state index >= 15 is 0 Å². The standard InChI is InChI=1S/C13H17N3O3/c1-13(2,11(17)16(4)14)8-5-6-9-10(7-8)19-12(18)15(9)3/h5-7H,14H2,1-4H3. The number of hydrogen-bond donors (Lipinski definition) is 1. The lowest BCUT2D eigenvalue weighted by Crippen LogP contribution is -2.44. The highest BCUT2D eigenvalue weighted by Crippen LogP contribution is 2.27. The Labute approximate surface area is 110 Å². The molecule has 0 bridgehead atoms. The number of aryl methyl sites for hydroxylation is 1. The summed E-state index contributed by atoms with van der Waals surface area (Å²) in [7, 11) is 3.14. The minimum Gasteiger partial charge on any atom is -0.408 e. The van der Waals surface area contributed by atoms with Crippen molar-refractivity contribution in [1.82, 2.24) is 9.58 Å². The molecule has 2 rings (SSSR count). The van der Waals surface area contributed by atoms with Crippen molar-refractivity contribution in [3.8, 4) is 0 Å². The zero-order valence-electron chi connectivity index (χ0n) is 11.4. The van der Waals surface area contributed by atoms with Gasteiger partial charge in [0.1, 0.15) is 0 Å². The summed E-state index contributed by atoms with van der Waals surface area (Å²) < 4.78 is 6.55. The third-order valence-corrected chi connectivity index (χ3v) is 3.37. The molecule has 0 saturated carbocycles. The highest BCUT2D eigenvalue weighted by atomic mass is 16.4. The summed E-state index contributed by atoms with van der Waals surface area (Å²) in [5.41, 5.74) is 1.12. The molecule has 1 aromatic carbocycles. The predicted molar refractivity (Wildman–Crippen MR) is 71.4 cm³/mol. The molecule has 6 nitrogen and oxygen atoms in total.